The first-order chi connectivity index (χ1) is 44.7. The van der Waals surface area contributed by atoms with E-state index in [1.54, 1.807) is 36.2 Å². The number of piperidine rings is 1. The molecule has 2 aromatic heterocycles. The number of halogens is 3. The summed E-state index contributed by atoms with van der Waals surface area (Å²) >= 11 is 0. The highest BCUT2D eigenvalue weighted by Crippen LogP contribution is 2.48. The number of fused-ring (bicyclic) bond motifs is 4. The molecular weight excluding hydrogens is 1220 g/mol. The summed E-state index contributed by atoms with van der Waals surface area (Å²) in [5.74, 6) is 2.24. The van der Waals surface area contributed by atoms with Crippen molar-refractivity contribution in [3.05, 3.63) is 76.7 Å². The van der Waals surface area contributed by atoms with Crippen molar-refractivity contribution in [1.82, 2.24) is 39.9 Å². The molecule has 1 spiro atoms. The Labute approximate surface area is 553 Å². The van der Waals surface area contributed by atoms with Gasteiger partial charge in [-0.1, -0.05) is 60.5 Å². The molecule has 1 N–H and O–H groups in total. The number of rotatable bonds is 17. The maximum atomic E-state index is 18.2. The summed E-state index contributed by atoms with van der Waals surface area (Å²) in [6.45, 7) is 30.5. The van der Waals surface area contributed by atoms with E-state index in [-0.39, 0.29) is 118 Å². The third-order valence-electron chi connectivity index (χ3n) is 21.1. The summed E-state index contributed by atoms with van der Waals surface area (Å²) < 4.78 is 74.0. The van der Waals surface area contributed by atoms with E-state index in [4.69, 9.17) is 33.9 Å². The van der Waals surface area contributed by atoms with Crippen molar-refractivity contribution in [3.8, 4) is 34.5 Å². The second kappa shape index (κ2) is 27.9. The van der Waals surface area contributed by atoms with Gasteiger partial charge in [-0.15, -0.1) is 5.54 Å². The van der Waals surface area contributed by atoms with E-state index < -0.39 is 37.2 Å². The summed E-state index contributed by atoms with van der Waals surface area (Å²) in [7, 11) is -0.845. The van der Waals surface area contributed by atoms with Gasteiger partial charge in [-0.05, 0) is 148 Å². The third-order valence-corrected chi connectivity index (χ3v) is 27.4. The zero-order valence-corrected chi connectivity index (χ0v) is 58.1. The van der Waals surface area contributed by atoms with Crippen molar-refractivity contribution >= 4 is 65.2 Å². The summed E-state index contributed by atoms with van der Waals surface area (Å²) in [5.41, 5.74) is 5.35. The van der Waals surface area contributed by atoms with Crippen molar-refractivity contribution in [2.24, 2.45) is 17.3 Å². The van der Waals surface area contributed by atoms with Gasteiger partial charge in [0.15, 0.2) is 12.6 Å². The Morgan fingerprint density at radius 2 is 1.48 bits per heavy atom. The minimum atomic E-state index is -2.36. The van der Waals surface area contributed by atoms with Crippen LogP contribution in [0, 0.1) is 53.1 Å². The van der Waals surface area contributed by atoms with Gasteiger partial charge in [0.1, 0.15) is 48.1 Å². The molecule has 1 aliphatic carbocycles. The Bertz CT molecular complexity index is 3700. The second-order valence-corrected chi connectivity index (χ2v) is 35.1. The summed E-state index contributed by atoms with van der Waals surface area (Å²) in [6, 6.07) is 8.38. The van der Waals surface area contributed by atoms with Crippen LogP contribution in [0.1, 0.15) is 149 Å². The Morgan fingerprint density at radius 3 is 2.12 bits per heavy atom. The van der Waals surface area contributed by atoms with Crippen LogP contribution in [0.4, 0.5) is 34.3 Å². The van der Waals surface area contributed by atoms with E-state index >= 15 is 13.2 Å². The van der Waals surface area contributed by atoms with Gasteiger partial charge in [0.25, 0.3) is 5.91 Å². The van der Waals surface area contributed by atoms with E-state index in [9.17, 15) is 19.2 Å². The van der Waals surface area contributed by atoms with Crippen LogP contribution in [0.3, 0.4) is 0 Å². The maximum absolute atomic E-state index is 18.2. The molecule has 5 aromatic rings. The van der Waals surface area contributed by atoms with Gasteiger partial charge >= 0.3 is 18.1 Å². The van der Waals surface area contributed by atoms with E-state index in [1.165, 1.54) is 30.2 Å². The Morgan fingerprint density at radius 1 is 0.809 bits per heavy atom. The number of anilines is 2. The largest absolute Gasteiger partial charge is 0.468 e. The molecule has 7 heterocycles. The molecule has 0 radical (unpaired) electrons. The fraction of sp³-hybridized carbons (Fsp3) is 0.597. The summed E-state index contributed by atoms with van der Waals surface area (Å²) in [6.07, 6.45) is 9.13. The minimum Gasteiger partial charge on any atom is -0.468 e. The van der Waals surface area contributed by atoms with Crippen molar-refractivity contribution < 1.29 is 51.3 Å². The molecule has 22 heteroatoms. The molecule has 1 saturated carbocycles. The maximum Gasteiger partial charge on any atom is 0.410 e. The molecule has 18 nitrogen and oxygen atoms in total. The van der Waals surface area contributed by atoms with E-state index in [1.807, 2.05) is 25.7 Å². The molecule has 2 unspecified atom stereocenters. The lowest BCUT2D eigenvalue weighted by Crippen LogP contribution is -2.57. The molecule has 94 heavy (non-hydrogen) atoms. The Kier molecular flexibility index (Phi) is 20.3. The van der Waals surface area contributed by atoms with Crippen molar-refractivity contribution in [2.75, 3.05) is 102 Å². The quantitative estimate of drug-likeness (QED) is 0.0529. The van der Waals surface area contributed by atoms with Crippen LogP contribution in [-0.2, 0) is 14.3 Å². The summed E-state index contributed by atoms with van der Waals surface area (Å²) in [5, 5.41) is 3.69. The fourth-order valence-electron chi connectivity index (χ4n) is 16.2. The number of pyridine rings is 1. The number of aromatic nitrogens is 3. The van der Waals surface area contributed by atoms with E-state index in [0.717, 1.165) is 90.6 Å². The minimum absolute atomic E-state index is 0.00735. The molecule has 506 valence electrons. The second-order valence-electron chi connectivity index (χ2n) is 29.5. The van der Waals surface area contributed by atoms with Gasteiger partial charge < -0.3 is 38.5 Å². The first-order valence-electron chi connectivity index (χ1n) is 34.1. The number of benzene rings is 3. The molecule has 6 aliphatic rings. The van der Waals surface area contributed by atoms with Crippen LogP contribution in [0.5, 0.6) is 11.8 Å². The van der Waals surface area contributed by atoms with Gasteiger partial charge in [-0.2, -0.15) is 9.97 Å². The number of carbonyl (C=O) groups is 4. The number of imide groups is 1. The SMILES string of the molecule is COCOc1cc(-c2ncc3c(N4CC5CCC(C4)N5C(=O)OC(C)(C)C)nc(OC[C@H](C)CN4CCN(CC5CCC6(CC5)CCN(C(=O)c5cc(N7CCC(=O)NC7=O)c(C)cc5F)CC6)CC4)nc3c2F)c2c(C#C[Si](C(C)C)(C(C)C)C(C)C)c(F)ccc2c1. The van der Waals surface area contributed by atoms with Crippen LogP contribution in [0.15, 0.2) is 42.6 Å². The normalized spacial score (nSPS) is 20.4. The standard InChI is InChI=1S/C72H95F3N10O8Si/c1-44(2)94(45(3)4,46(5)6)32-20-54-58(73)16-13-50-34-53(92-43-90-12)35-56(62(50)54)64-63(75)65-57(37-76-64)66(83-40-51-14-15-52(41-83)85(51)70(89)93-71(9,10)11)79-68(78-65)91-42-47(7)38-80-28-30-81(31-29-80)39-49-17-21-72(22-18-49)23-26-82(27-24-72)67(87)55-36-60(48(8)33-59(55)74)84-25-19-61(86)77-69(84)88/h13,16,33-37,44-47,49,51-52H,14-15,17-19,21-31,38-43H2,1-12H3,(H,77,86,88)/t47-,51?,52?/m1/s1. The molecule has 6 fully saturated rings. The lowest BCUT2D eigenvalue weighted by atomic mass is 9.65. The molecule has 5 aliphatic heterocycles. The average molecular weight is 1310 g/mol. The topological polar surface area (TPSA) is 175 Å². The van der Waals surface area contributed by atoms with Crippen LogP contribution in [-0.4, -0.2) is 177 Å². The lowest BCUT2D eigenvalue weighted by molar-refractivity contribution is -0.120. The number of hydrogen-bond acceptors (Lipinski definition) is 14. The first-order valence-corrected chi connectivity index (χ1v) is 36.3. The van der Waals surface area contributed by atoms with Gasteiger partial charge in [-0.25, -0.2) is 22.8 Å². The Balaban J connectivity index is 0.771. The number of piperazine rings is 2. The number of nitrogens with zero attached hydrogens (tertiary/aromatic N) is 9. The first kappa shape index (κ1) is 68.3. The number of ether oxygens (including phenoxy) is 4. The number of likely N-dealkylation sites (tertiary alicyclic amines) is 1. The third kappa shape index (κ3) is 14.2. The fourth-order valence-corrected chi connectivity index (χ4v) is 21.4. The molecule has 5 amide bonds. The number of methoxy groups -OCH3 is 1. The number of carbonyl (C=O) groups excluding carboxylic acids is 4. The monoisotopic (exact) mass is 1310 g/mol. The molecule has 2 bridgehead atoms. The molecule has 3 aromatic carbocycles. The Hall–Kier alpha value is -7.06. The van der Waals surface area contributed by atoms with E-state index in [0.29, 0.717) is 71.1 Å². The highest BCUT2D eigenvalue weighted by atomic mass is 28.3. The van der Waals surface area contributed by atoms with Gasteiger partial charge in [-0.3, -0.25) is 29.7 Å². The van der Waals surface area contributed by atoms with E-state index in [2.05, 4.69) is 79.9 Å². The molecule has 3 atom stereocenters. The molecule has 11 rings (SSSR count). The number of nitrogens with one attached hydrogen (secondary N) is 1. The predicted molar refractivity (Wildman–Crippen MR) is 361 cm³/mol. The number of amides is 5. The van der Waals surface area contributed by atoms with Gasteiger partial charge in [0.05, 0.1) is 35.2 Å². The smallest absolute Gasteiger partial charge is 0.410 e. The lowest BCUT2D eigenvalue weighted by Gasteiger charge is -2.47. The van der Waals surface area contributed by atoms with Gasteiger partial charge in [0.2, 0.25) is 5.91 Å². The van der Waals surface area contributed by atoms with Crippen molar-refractivity contribution in [1.29, 1.82) is 0 Å². The van der Waals surface area contributed by atoms with Crippen LogP contribution < -0.4 is 24.6 Å². The zero-order chi connectivity index (χ0) is 67.1. The van der Waals surface area contributed by atoms with Crippen LogP contribution >= 0.6 is 0 Å². The van der Waals surface area contributed by atoms with Crippen molar-refractivity contribution in [3.63, 3.8) is 0 Å². The van der Waals surface area contributed by atoms with Crippen LogP contribution in [0.2, 0.25) is 16.6 Å². The van der Waals surface area contributed by atoms with Gasteiger partial charge in [0, 0.05) is 114 Å². The average Bonchev–Trinajstić information content (AvgIpc) is 0.979. The zero-order valence-electron chi connectivity index (χ0n) is 57.1. The predicted octanol–water partition coefficient (Wildman–Crippen LogP) is 12.9. The highest BCUT2D eigenvalue weighted by molar-refractivity contribution is 6.90. The van der Waals surface area contributed by atoms with Crippen LogP contribution in [0.25, 0.3) is 32.9 Å². The number of hydrogen-bond donors (Lipinski definition) is 1. The molecular formula is C72H95F3N10O8Si. The van der Waals surface area contributed by atoms with Crippen molar-refractivity contribution in [2.45, 2.75) is 168 Å². The number of aryl methyl sites for hydroxylation is 1. The number of urea groups is 1. The highest BCUT2D eigenvalue weighted by Gasteiger charge is 2.46. The summed E-state index contributed by atoms with van der Waals surface area (Å²) in [4.78, 5) is 78.9. The molecule has 5 saturated heterocycles.